The summed E-state index contributed by atoms with van der Waals surface area (Å²) in [6.07, 6.45) is 4.17. The smallest absolute Gasteiger partial charge is 0.338 e. The molecule has 1 unspecified atom stereocenters. The zero-order chi connectivity index (χ0) is 28.1. The van der Waals surface area contributed by atoms with Crippen molar-refractivity contribution < 1.29 is 33.7 Å². The summed E-state index contributed by atoms with van der Waals surface area (Å²) in [4.78, 5) is 48.4. The van der Waals surface area contributed by atoms with Crippen molar-refractivity contribution in [2.45, 2.75) is 32.5 Å². The van der Waals surface area contributed by atoms with Gasteiger partial charge in [-0.15, -0.1) is 0 Å². The fourth-order valence-corrected chi connectivity index (χ4v) is 4.76. The summed E-state index contributed by atoms with van der Waals surface area (Å²) in [6.45, 7) is 5.93. The first-order chi connectivity index (χ1) is 18.5. The number of rotatable bonds is 7. The number of aliphatic imine (C=N–C) groups is 1. The molecule has 2 aromatic carbocycles. The number of ether oxygens (including phenoxy) is 3. The molecule has 3 aliphatic rings. The third kappa shape index (κ3) is 4.81. The number of nitrogens with zero attached hydrogens (tertiary/aromatic N) is 3. The topological polar surface area (TPSA) is 118 Å². The van der Waals surface area contributed by atoms with Crippen molar-refractivity contribution in [3.63, 3.8) is 0 Å². The van der Waals surface area contributed by atoms with Gasteiger partial charge in [0, 0.05) is 23.9 Å². The highest BCUT2D eigenvalue weighted by Crippen LogP contribution is 2.49. The average Bonchev–Trinajstić information content (AvgIpc) is 3.13. The summed E-state index contributed by atoms with van der Waals surface area (Å²) in [7, 11) is 3.72. The van der Waals surface area contributed by atoms with Crippen molar-refractivity contribution in [3.8, 4) is 11.5 Å². The van der Waals surface area contributed by atoms with Gasteiger partial charge < -0.3 is 24.2 Å². The molecule has 0 radical (unpaired) electrons. The Morgan fingerprint density at radius 3 is 2.59 bits per heavy atom. The van der Waals surface area contributed by atoms with Crippen LogP contribution in [0.4, 0.5) is 5.69 Å². The van der Waals surface area contributed by atoms with Gasteiger partial charge in [-0.3, -0.25) is 14.5 Å². The molecule has 5 rings (SSSR count). The molecule has 0 saturated heterocycles. The molecule has 10 heteroatoms. The van der Waals surface area contributed by atoms with Crippen molar-refractivity contribution in [1.29, 1.82) is 0 Å². The molecule has 2 aromatic rings. The number of aliphatic hydroxyl groups is 1. The second-order valence-electron chi connectivity index (χ2n) is 10.8. The van der Waals surface area contributed by atoms with Gasteiger partial charge in [0.25, 0.3) is 11.8 Å². The van der Waals surface area contributed by atoms with Gasteiger partial charge in [0.2, 0.25) is 0 Å². The van der Waals surface area contributed by atoms with Crippen molar-refractivity contribution in [2.24, 2.45) is 4.99 Å². The highest BCUT2D eigenvalue weighted by atomic mass is 16.6. The third-order valence-electron chi connectivity index (χ3n) is 6.46. The predicted molar refractivity (Wildman–Crippen MR) is 145 cm³/mol. The van der Waals surface area contributed by atoms with E-state index in [4.69, 9.17) is 19.2 Å². The number of hydrogen-bond donors (Lipinski definition) is 1. The maximum absolute atomic E-state index is 13.7. The first kappa shape index (κ1) is 26.6. The van der Waals surface area contributed by atoms with E-state index in [-0.39, 0.29) is 42.2 Å². The lowest BCUT2D eigenvalue weighted by atomic mass is 9.93. The Morgan fingerprint density at radius 2 is 1.90 bits per heavy atom. The number of carbonyl (C=O) groups is 3. The summed E-state index contributed by atoms with van der Waals surface area (Å²) in [5, 5.41) is 10.3. The molecule has 0 fully saturated rings. The Balaban J connectivity index is 1.67. The van der Waals surface area contributed by atoms with Crippen LogP contribution in [0.15, 0.2) is 47.0 Å². The molecule has 0 bridgehead atoms. The summed E-state index contributed by atoms with van der Waals surface area (Å²) in [6, 6.07) is 5.15. The zero-order valence-electron chi connectivity index (χ0n) is 22.6. The van der Waals surface area contributed by atoms with Gasteiger partial charge in [-0.05, 0) is 65.2 Å². The number of fused-ring (bicyclic) bond motifs is 7. The fourth-order valence-electron chi connectivity index (χ4n) is 4.76. The molecule has 39 heavy (non-hydrogen) atoms. The van der Waals surface area contributed by atoms with Crippen molar-refractivity contribution in [3.05, 3.63) is 53.1 Å². The minimum Gasteiger partial charge on any atom is -0.491 e. The van der Waals surface area contributed by atoms with Gasteiger partial charge in [-0.2, -0.15) is 0 Å². The summed E-state index contributed by atoms with van der Waals surface area (Å²) in [5.74, 6) is -0.865. The van der Waals surface area contributed by atoms with Crippen LogP contribution < -0.4 is 9.47 Å². The van der Waals surface area contributed by atoms with Crippen LogP contribution in [-0.2, 0) is 9.53 Å². The van der Waals surface area contributed by atoms with E-state index >= 15 is 0 Å². The number of esters is 1. The monoisotopic (exact) mass is 533 g/mol. The summed E-state index contributed by atoms with van der Waals surface area (Å²) in [5.41, 5.74) is 0.727. The molecule has 2 amide bonds. The van der Waals surface area contributed by atoms with E-state index < -0.39 is 29.5 Å². The number of aliphatic hydroxyl groups excluding tert-OH is 1. The van der Waals surface area contributed by atoms with Crippen molar-refractivity contribution in [2.75, 3.05) is 40.4 Å². The second-order valence-corrected chi connectivity index (χ2v) is 10.8. The summed E-state index contributed by atoms with van der Waals surface area (Å²) < 4.78 is 17.6. The quantitative estimate of drug-likeness (QED) is 0.426. The molecule has 204 valence electrons. The van der Waals surface area contributed by atoms with Gasteiger partial charge >= 0.3 is 5.97 Å². The molecule has 1 aliphatic carbocycles. The van der Waals surface area contributed by atoms with Crippen LogP contribution in [0.3, 0.4) is 0 Å². The molecule has 0 saturated carbocycles. The summed E-state index contributed by atoms with van der Waals surface area (Å²) >= 11 is 0. The zero-order valence-corrected chi connectivity index (χ0v) is 22.6. The molecule has 2 heterocycles. The van der Waals surface area contributed by atoms with Gasteiger partial charge in [0.05, 0.1) is 29.0 Å². The minimum atomic E-state index is -0.898. The van der Waals surface area contributed by atoms with Crippen LogP contribution in [0.2, 0.25) is 0 Å². The highest BCUT2D eigenvalue weighted by Gasteiger charge is 2.44. The van der Waals surface area contributed by atoms with E-state index in [0.717, 1.165) is 0 Å². The molecule has 0 spiro atoms. The molecule has 10 nitrogen and oxygen atoms in total. The molecule has 1 N–H and O–H groups in total. The Bertz CT molecular complexity index is 1480. The minimum absolute atomic E-state index is 0.0815. The Morgan fingerprint density at radius 1 is 1.15 bits per heavy atom. The number of allylic oxidation sites excluding steroid dienone is 2. The highest BCUT2D eigenvalue weighted by molar-refractivity contribution is 6.30. The normalized spacial score (nSPS) is 17.9. The average molecular weight is 534 g/mol. The largest absolute Gasteiger partial charge is 0.491 e. The number of carbonyl (C=O) groups excluding carboxylic acids is 3. The van der Waals surface area contributed by atoms with Gasteiger partial charge in [0.1, 0.15) is 23.6 Å². The maximum atomic E-state index is 13.7. The number of likely N-dealkylation sites (N-methyl/N-ethyl adjacent to an activating group) is 1. The van der Waals surface area contributed by atoms with Crippen LogP contribution >= 0.6 is 0 Å². The molecular weight excluding hydrogens is 502 g/mol. The molecule has 2 aliphatic heterocycles. The predicted octanol–water partition coefficient (Wildman–Crippen LogP) is 3.04. The first-order valence-electron chi connectivity index (χ1n) is 12.8. The molecular formula is C29H31N3O7. The fraction of sp³-hybridized carbons (Fsp3) is 0.379. The third-order valence-corrected chi connectivity index (χ3v) is 6.46. The number of hydrogen-bond acceptors (Lipinski definition) is 9. The lowest BCUT2D eigenvalue weighted by molar-refractivity contribution is -0.150. The van der Waals surface area contributed by atoms with E-state index in [2.05, 4.69) is 0 Å². The van der Waals surface area contributed by atoms with Crippen LogP contribution in [-0.4, -0.2) is 90.5 Å². The lowest BCUT2D eigenvalue weighted by Gasteiger charge is -2.30. The Kier molecular flexibility index (Phi) is 6.77. The van der Waals surface area contributed by atoms with Crippen LogP contribution in [0, 0.1) is 0 Å². The SMILES string of the molecule is CN(C)CCN1C(=O)c2c3c(c4ccc(OCCO)cc4c2C1=O)N=C1C=CC=C(C(=O)OC(C)(C)C)C1O3. The van der Waals surface area contributed by atoms with Crippen molar-refractivity contribution >= 4 is 40.0 Å². The van der Waals surface area contributed by atoms with Crippen LogP contribution in [0.25, 0.3) is 10.8 Å². The maximum Gasteiger partial charge on any atom is 0.338 e. The molecule has 1 atom stereocenters. The van der Waals surface area contributed by atoms with Crippen molar-refractivity contribution in [1.82, 2.24) is 9.80 Å². The second kappa shape index (κ2) is 9.94. The standard InChI is InChI=1S/C29H31N3O7/c1-29(2,3)39-28(36)18-7-6-8-20-24(18)38-25-22-21(26(34)32(27(22)35)12-11-31(4)5)19-15-16(37-14-13-33)9-10-17(19)23(25)30-20/h6-10,15,24,33H,11-14H2,1-5H3. The number of benzene rings is 2. The number of imide groups is 1. The van der Waals surface area contributed by atoms with Gasteiger partial charge in [0.15, 0.2) is 11.9 Å². The Hall–Kier alpha value is -4.02. The Labute approximate surface area is 226 Å². The first-order valence-corrected chi connectivity index (χ1v) is 12.8. The van der Waals surface area contributed by atoms with Crippen LogP contribution in [0.5, 0.6) is 11.5 Å². The van der Waals surface area contributed by atoms with E-state index in [1.807, 2.05) is 19.0 Å². The van der Waals surface area contributed by atoms with E-state index in [0.29, 0.717) is 34.5 Å². The van der Waals surface area contributed by atoms with Crippen LogP contribution in [0.1, 0.15) is 41.5 Å². The molecule has 0 aromatic heterocycles. The number of amides is 2. The van der Waals surface area contributed by atoms with Gasteiger partial charge in [-0.1, -0.05) is 6.08 Å². The van der Waals surface area contributed by atoms with Gasteiger partial charge in [-0.25, -0.2) is 9.79 Å². The lowest BCUT2D eigenvalue weighted by Crippen LogP contribution is -2.38. The van der Waals surface area contributed by atoms with E-state index in [9.17, 15) is 19.5 Å². The van der Waals surface area contributed by atoms with E-state index in [1.54, 1.807) is 57.2 Å². The van der Waals surface area contributed by atoms with E-state index in [1.165, 1.54) is 4.90 Å².